The molecule has 7 heteroatoms. The van der Waals surface area contributed by atoms with E-state index >= 15 is 0 Å². The van der Waals surface area contributed by atoms with Crippen LogP contribution in [-0.4, -0.2) is 37.5 Å². The number of rotatable bonds is 5. The number of carbonyl (C=O) groups excluding carboxylic acids is 1. The van der Waals surface area contributed by atoms with Crippen molar-refractivity contribution in [1.29, 1.82) is 0 Å². The van der Waals surface area contributed by atoms with Gasteiger partial charge in [0.2, 0.25) is 5.91 Å². The van der Waals surface area contributed by atoms with Crippen molar-refractivity contribution in [2.24, 2.45) is 4.99 Å². The van der Waals surface area contributed by atoms with Crippen molar-refractivity contribution in [2.45, 2.75) is 51.0 Å². The molecule has 1 aromatic rings. The Morgan fingerprint density at radius 1 is 1.19 bits per heavy atom. The number of guanidine groups is 1. The lowest BCUT2D eigenvalue weighted by atomic mass is 9.64. The predicted octanol–water partition coefficient (Wildman–Crippen LogP) is 2.95. The number of nitrogens with zero attached hydrogens (tertiary/aromatic N) is 1. The number of hydrogen-bond acceptors (Lipinski definition) is 2. The maximum atomic E-state index is 13.2. The molecule has 0 spiro atoms. The number of amides is 1. The van der Waals surface area contributed by atoms with Gasteiger partial charge in [-0.15, -0.1) is 24.0 Å². The van der Waals surface area contributed by atoms with Gasteiger partial charge in [-0.05, 0) is 51.3 Å². The van der Waals surface area contributed by atoms with Gasteiger partial charge in [0, 0.05) is 24.5 Å². The summed E-state index contributed by atoms with van der Waals surface area (Å²) in [5, 5.41) is 9.25. The highest BCUT2D eigenvalue weighted by molar-refractivity contribution is 14.0. The van der Waals surface area contributed by atoms with Gasteiger partial charge in [0.1, 0.15) is 5.82 Å². The zero-order valence-electron chi connectivity index (χ0n) is 16.0. The van der Waals surface area contributed by atoms with E-state index < -0.39 is 0 Å². The third kappa shape index (κ3) is 6.41. The maximum absolute atomic E-state index is 13.2. The van der Waals surface area contributed by atoms with Crippen molar-refractivity contribution in [3.8, 4) is 0 Å². The van der Waals surface area contributed by atoms with Crippen molar-refractivity contribution in [2.75, 3.05) is 20.1 Å². The molecular weight excluding hydrogens is 446 g/mol. The van der Waals surface area contributed by atoms with Crippen LogP contribution >= 0.6 is 24.0 Å². The molecule has 0 aliphatic heterocycles. The van der Waals surface area contributed by atoms with Gasteiger partial charge in [-0.2, -0.15) is 0 Å². The van der Waals surface area contributed by atoms with Gasteiger partial charge in [0.05, 0.1) is 6.54 Å². The highest BCUT2D eigenvalue weighted by Gasteiger charge is 2.38. The minimum atomic E-state index is -0.256. The molecule has 0 atom stereocenters. The Kier molecular flexibility index (Phi) is 8.30. The minimum absolute atomic E-state index is 0. The summed E-state index contributed by atoms with van der Waals surface area (Å²) in [5.41, 5.74) is 0.904. The normalized spacial score (nSPS) is 16.1. The Labute approximate surface area is 172 Å². The van der Waals surface area contributed by atoms with Gasteiger partial charge in [0.25, 0.3) is 0 Å². The van der Waals surface area contributed by atoms with E-state index in [0.29, 0.717) is 12.5 Å². The first-order valence-corrected chi connectivity index (χ1v) is 8.76. The summed E-state index contributed by atoms with van der Waals surface area (Å²) in [5.74, 6) is 0.304. The maximum Gasteiger partial charge on any atom is 0.239 e. The molecule has 26 heavy (non-hydrogen) atoms. The third-order valence-corrected chi connectivity index (χ3v) is 4.52. The summed E-state index contributed by atoms with van der Waals surface area (Å²) in [7, 11) is 1.68. The van der Waals surface area contributed by atoms with Crippen molar-refractivity contribution >= 4 is 35.8 Å². The summed E-state index contributed by atoms with van der Waals surface area (Å²) in [4.78, 5) is 16.1. The fraction of sp³-hybridized carbons (Fsp3) is 0.579. The number of nitrogens with one attached hydrogen (secondary N) is 3. The summed E-state index contributed by atoms with van der Waals surface area (Å²) < 4.78 is 13.2. The van der Waals surface area contributed by atoms with Crippen LogP contribution in [0.25, 0.3) is 0 Å². The lowest BCUT2D eigenvalue weighted by molar-refractivity contribution is -0.121. The molecular formula is C19H30FIN4O. The molecule has 1 saturated carbocycles. The Bertz CT molecular complexity index is 621. The Morgan fingerprint density at radius 2 is 1.81 bits per heavy atom. The highest BCUT2D eigenvalue weighted by atomic mass is 127. The second-order valence-corrected chi connectivity index (χ2v) is 7.72. The number of aliphatic imine (C=N–C) groups is 1. The lowest BCUT2D eigenvalue weighted by Gasteiger charge is -2.43. The average molecular weight is 476 g/mol. The van der Waals surface area contributed by atoms with E-state index in [-0.39, 0.29) is 53.2 Å². The first-order valence-electron chi connectivity index (χ1n) is 8.76. The van der Waals surface area contributed by atoms with E-state index in [9.17, 15) is 9.18 Å². The van der Waals surface area contributed by atoms with Crippen LogP contribution in [0, 0.1) is 5.82 Å². The molecule has 0 unspecified atom stereocenters. The van der Waals surface area contributed by atoms with Crippen LogP contribution < -0.4 is 16.0 Å². The fourth-order valence-electron chi connectivity index (χ4n) is 3.07. The molecule has 0 radical (unpaired) electrons. The molecule has 1 fully saturated rings. The quantitative estimate of drug-likeness (QED) is 0.348. The van der Waals surface area contributed by atoms with Crippen molar-refractivity contribution in [1.82, 2.24) is 16.0 Å². The monoisotopic (exact) mass is 476 g/mol. The van der Waals surface area contributed by atoms with E-state index in [4.69, 9.17) is 0 Å². The number of benzene rings is 1. The third-order valence-electron chi connectivity index (χ3n) is 4.52. The SMILES string of the molecule is CN=C(NCC(=O)NC(C)(C)C)NCC1(c2ccc(F)cc2)CCC1.I. The Morgan fingerprint density at radius 3 is 2.27 bits per heavy atom. The van der Waals surface area contributed by atoms with Gasteiger partial charge in [-0.3, -0.25) is 9.79 Å². The second kappa shape index (κ2) is 9.53. The fourth-order valence-corrected chi connectivity index (χ4v) is 3.07. The molecule has 2 rings (SSSR count). The molecule has 3 N–H and O–H groups in total. The molecule has 0 aromatic heterocycles. The van der Waals surface area contributed by atoms with Crippen molar-refractivity contribution < 1.29 is 9.18 Å². The van der Waals surface area contributed by atoms with Crippen LogP contribution in [0.5, 0.6) is 0 Å². The largest absolute Gasteiger partial charge is 0.356 e. The molecule has 1 aromatic carbocycles. The van der Waals surface area contributed by atoms with Crippen LogP contribution in [0.3, 0.4) is 0 Å². The zero-order valence-corrected chi connectivity index (χ0v) is 18.3. The zero-order chi connectivity index (χ0) is 18.5. The van der Waals surface area contributed by atoms with Crippen LogP contribution in [-0.2, 0) is 10.2 Å². The molecule has 5 nitrogen and oxygen atoms in total. The minimum Gasteiger partial charge on any atom is -0.356 e. The molecule has 1 aliphatic rings. The van der Waals surface area contributed by atoms with Gasteiger partial charge in [0.15, 0.2) is 5.96 Å². The van der Waals surface area contributed by atoms with Gasteiger partial charge in [-0.1, -0.05) is 18.6 Å². The van der Waals surface area contributed by atoms with Gasteiger partial charge >= 0.3 is 0 Å². The molecule has 1 aliphatic carbocycles. The average Bonchev–Trinajstić information content (AvgIpc) is 2.49. The van der Waals surface area contributed by atoms with E-state index in [1.165, 1.54) is 18.6 Å². The number of carbonyl (C=O) groups is 1. The predicted molar refractivity (Wildman–Crippen MR) is 115 cm³/mol. The first kappa shape index (κ1) is 22.7. The summed E-state index contributed by atoms with van der Waals surface area (Å²) in [6, 6.07) is 6.75. The molecule has 0 saturated heterocycles. The van der Waals surface area contributed by atoms with E-state index in [0.717, 1.165) is 18.4 Å². The molecule has 146 valence electrons. The summed E-state index contributed by atoms with van der Waals surface area (Å²) >= 11 is 0. The molecule has 1 amide bonds. The van der Waals surface area contributed by atoms with Crippen LogP contribution in [0.15, 0.2) is 29.3 Å². The Hall–Kier alpha value is -1.38. The van der Waals surface area contributed by atoms with E-state index in [1.54, 1.807) is 7.05 Å². The highest BCUT2D eigenvalue weighted by Crippen LogP contribution is 2.43. The lowest BCUT2D eigenvalue weighted by Crippen LogP contribution is -2.51. The van der Waals surface area contributed by atoms with Gasteiger partial charge in [-0.25, -0.2) is 4.39 Å². The number of hydrogen-bond donors (Lipinski definition) is 3. The standard InChI is InChI=1S/C19H29FN4O.HI/c1-18(2,3)24-16(25)12-22-17(21-4)23-13-19(10-5-11-19)14-6-8-15(20)9-7-14;/h6-9H,5,10-13H2,1-4H3,(H,24,25)(H2,21,22,23);1H. The van der Waals surface area contributed by atoms with Crippen molar-refractivity contribution in [3.05, 3.63) is 35.6 Å². The van der Waals surface area contributed by atoms with Gasteiger partial charge < -0.3 is 16.0 Å². The smallest absolute Gasteiger partial charge is 0.239 e. The first-order chi connectivity index (χ1) is 11.7. The van der Waals surface area contributed by atoms with Crippen LogP contribution in [0.4, 0.5) is 4.39 Å². The topological polar surface area (TPSA) is 65.5 Å². The Balaban J connectivity index is 0.00000338. The molecule has 0 heterocycles. The van der Waals surface area contributed by atoms with E-state index in [2.05, 4.69) is 20.9 Å². The van der Waals surface area contributed by atoms with Crippen molar-refractivity contribution in [3.63, 3.8) is 0 Å². The second-order valence-electron chi connectivity index (χ2n) is 7.72. The molecule has 0 bridgehead atoms. The summed E-state index contributed by atoms with van der Waals surface area (Å²) in [6.45, 7) is 6.71. The van der Waals surface area contributed by atoms with Crippen LogP contribution in [0.2, 0.25) is 0 Å². The summed E-state index contributed by atoms with van der Waals surface area (Å²) in [6.07, 6.45) is 3.29. The van der Waals surface area contributed by atoms with Crippen LogP contribution in [0.1, 0.15) is 45.6 Å². The number of halogens is 2. The van der Waals surface area contributed by atoms with E-state index in [1.807, 2.05) is 32.9 Å².